The minimum Gasteiger partial charge on any atom is -0.444 e. The number of piperazine rings is 1. The lowest BCUT2D eigenvalue weighted by Crippen LogP contribution is -2.50. The summed E-state index contributed by atoms with van der Waals surface area (Å²) in [5.41, 5.74) is 0.736. The van der Waals surface area contributed by atoms with E-state index in [0.29, 0.717) is 48.7 Å². The maximum absolute atomic E-state index is 13.6. The van der Waals surface area contributed by atoms with Gasteiger partial charge in [-0.1, -0.05) is 0 Å². The van der Waals surface area contributed by atoms with Crippen LogP contribution in [0.15, 0.2) is 48.8 Å². The molecule has 0 bridgehead atoms. The van der Waals surface area contributed by atoms with Crippen LogP contribution in [0.4, 0.5) is 29.5 Å². The zero-order valence-corrected chi connectivity index (χ0v) is 22.8. The zero-order valence-electron chi connectivity index (χ0n) is 22.8. The van der Waals surface area contributed by atoms with Crippen molar-refractivity contribution in [3.63, 3.8) is 0 Å². The number of anilines is 2. The van der Waals surface area contributed by atoms with Crippen molar-refractivity contribution in [1.82, 2.24) is 19.7 Å². The summed E-state index contributed by atoms with van der Waals surface area (Å²) in [6.45, 7) is 9.94. The molecule has 2 amide bonds. The van der Waals surface area contributed by atoms with E-state index in [4.69, 9.17) is 4.74 Å². The smallest absolute Gasteiger partial charge is 0.416 e. The molecule has 212 valence electrons. The van der Waals surface area contributed by atoms with E-state index in [1.54, 1.807) is 22.0 Å². The van der Waals surface area contributed by atoms with Gasteiger partial charge in [-0.3, -0.25) is 9.48 Å². The van der Waals surface area contributed by atoms with E-state index in [2.05, 4.69) is 15.0 Å². The highest BCUT2D eigenvalue weighted by molar-refractivity contribution is 6.09. The van der Waals surface area contributed by atoms with Crippen LogP contribution >= 0.6 is 0 Å². The van der Waals surface area contributed by atoms with Crippen LogP contribution in [0.5, 0.6) is 0 Å². The number of hydrogen-bond donors (Lipinski definition) is 0. The Bertz CT molecular complexity index is 1390. The average Bonchev–Trinajstić information content (AvgIpc) is 3.36. The van der Waals surface area contributed by atoms with Crippen LogP contribution in [0.1, 0.15) is 49.8 Å². The van der Waals surface area contributed by atoms with Gasteiger partial charge in [0.25, 0.3) is 5.91 Å². The third-order valence-corrected chi connectivity index (χ3v) is 6.93. The molecule has 12 heteroatoms. The van der Waals surface area contributed by atoms with Crippen LogP contribution in [0.2, 0.25) is 0 Å². The largest absolute Gasteiger partial charge is 0.444 e. The minimum absolute atomic E-state index is 0.183. The summed E-state index contributed by atoms with van der Waals surface area (Å²) in [7, 11) is 0. The molecule has 0 spiro atoms. The van der Waals surface area contributed by atoms with Gasteiger partial charge in [-0.15, -0.1) is 0 Å². The van der Waals surface area contributed by atoms with Crippen molar-refractivity contribution in [3.05, 3.63) is 60.0 Å². The molecule has 5 rings (SSSR count). The number of benzene rings is 1. The summed E-state index contributed by atoms with van der Waals surface area (Å²) in [5.74, 6) is 0.410. The Morgan fingerprint density at radius 1 is 0.975 bits per heavy atom. The summed E-state index contributed by atoms with van der Waals surface area (Å²) in [5, 5.41) is 4.43. The predicted octanol–water partition coefficient (Wildman–Crippen LogP) is 5.24. The fourth-order valence-corrected chi connectivity index (χ4v) is 4.90. The Kier molecular flexibility index (Phi) is 6.97. The summed E-state index contributed by atoms with van der Waals surface area (Å²) in [6.07, 6.45) is -1.47. The molecule has 1 aromatic carbocycles. The van der Waals surface area contributed by atoms with Crippen molar-refractivity contribution in [1.29, 1.82) is 0 Å². The number of pyridine rings is 1. The molecule has 9 nitrogen and oxygen atoms in total. The number of carbonyl (C=O) groups is 2. The second-order valence-electron chi connectivity index (χ2n) is 11.0. The lowest BCUT2D eigenvalue weighted by molar-refractivity contribution is -0.137. The van der Waals surface area contributed by atoms with Gasteiger partial charge in [0, 0.05) is 55.7 Å². The molecule has 0 radical (unpaired) electrons. The molecule has 0 unspecified atom stereocenters. The Morgan fingerprint density at radius 3 is 2.23 bits per heavy atom. The molecule has 2 aromatic heterocycles. The van der Waals surface area contributed by atoms with Gasteiger partial charge in [-0.2, -0.15) is 18.3 Å². The first kappa shape index (κ1) is 27.5. The molecule has 3 aromatic rings. The van der Waals surface area contributed by atoms with Gasteiger partial charge in [-0.25, -0.2) is 9.78 Å². The number of amides is 2. The van der Waals surface area contributed by atoms with E-state index < -0.39 is 17.3 Å². The van der Waals surface area contributed by atoms with Crippen LogP contribution < -0.4 is 9.80 Å². The predicted molar refractivity (Wildman–Crippen MR) is 143 cm³/mol. The third-order valence-electron chi connectivity index (χ3n) is 6.93. The molecule has 1 fully saturated rings. The second kappa shape index (κ2) is 10.1. The Labute approximate surface area is 230 Å². The standard InChI is InChI=1S/C28H31F3N6O3/c1-18-17-36(21-8-6-20(7-9-21)28(29,30)31)25(38)24-22(16-33-37(18)24)19-5-10-23(32-15-19)34-11-13-35(14-12-34)26(39)40-27(2,3)4/h5-10,15-16,18H,11-14,17H2,1-4H3/t18-/m0/s1. The van der Waals surface area contributed by atoms with Gasteiger partial charge in [0.2, 0.25) is 0 Å². The number of carbonyl (C=O) groups excluding carboxylic acids is 2. The number of nitrogens with zero attached hydrogens (tertiary/aromatic N) is 6. The first-order valence-electron chi connectivity index (χ1n) is 13.1. The van der Waals surface area contributed by atoms with Crippen LogP contribution in [-0.4, -0.2) is 70.0 Å². The first-order valence-corrected chi connectivity index (χ1v) is 13.1. The third kappa shape index (κ3) is 5.47. The number of halogens is 3. The summed E-state index contributed by atoms with van der Waals surface area (Å²) < 4.78 is 46.2. The van der Waals surface area contributed by atoms with E-state index in [-0.39, 0.29) is 24.6 Å². The minimum atomic E-state index is -4.45. The van der Waals surface area contributed by atoms with Gasteiger partial charge >= 0.3 is 12.3 Å². The van der Waals surface area contributed by atoms with Crippen LogP contribution in [0, 0.1) is 0 Å². The van der Waals surface area contributed by atoms with Gasteiger partial charge < -0.3 is 19.4 Å². The molecule has 1 saturated heterocycles. The van der Waals surface area contributed by atoms with Crippen molar-refractivity contribution in [3.8, 4) is 11.1 Å². The topological polar surface area (TPSA) is 83.8 Å². The Hall–Kier alpha value is -4.09. The average molecular weight is 557 g/mol. The van der Waals surface area contributed by atoms with Crippen LogP contribution in [0.25, 0.3) is 11.1 Å². The lowest BCUT2D eigenvalue weighted by Gasteiger charge is -2.36. The number of aromatic nitrogens is 3. The summed E-state index contributed by atoms with van der Waals surface area (Å²) in [6, 6.07) is 8.15. The van der Waals surface area contributed by atoms with Crippen molar-refractivity contribution >= 4 is 23.5 Å². The monoisotopic (exact) mass is 556 g/mol. The molecule has 0 N–H and O–H groups in total. The number of fused-ring (bicyclic) bond motifs is 1. The maximum atomic E-state index is 13.6. The Morgan fingerprint density at radius 2 is 1.65 bits per heavy atom. The highest BCUT2D eigenvalue weighted by Gasteiger charge is 2.35. The summed E-state index contributed by atoms with van der Waals surface area (Å²) >= 11 is 0. The van der Waals surface area contributed by atoms with Crippen molar-refractivity contribution in [2.45, 2.75) is 45.5 Å². The molecule has 1 atom stereocenters. The molecular weight excluding hydrogens is 525 g/mol. The molecular formula is C28H31F3N6O3. The van der Waals surface area contributed by atoms with Gasteiger partial charge in [0.1, 0.15) is 17.1 Å². The van der Waals surface area contributed by atoms with E-state index in [1.807, 2.05) is 39.8 Å². The van der Waals surface area contributed by atoms with E-state index >= 15 is 0 Å². The van der Waals surface area contributed by atoms with Gasteiger partial charge in [0.05, 0.1) is 17.8 Å². The number of hydrogen-bond acceptors (Lipinski definition) is 6. The quantitative estimate of drug-likeness (QED) is 0.439. The van der Waals surface area contributed by atoms with Crippen LogP contribution in [-0.2, 0) is 10.9 Å². The lowest BCUT2D eigenvalue weighted by atomic mass is 10.0. The van der Waals surface area contributed by atoms with Crippen molar-refractivity contribution in [2.75, 3.05) is 42.5 Å². The molecule has 4 heterocycles. The summed E-state index contributed by atoms with van der Waals surface area (Å²) in [4.78, 5) is 35.8. The van der Waals surface area contributed by atoms with E-state index in [1.165, 1.54) is 17.0 Å². The second-order valence-corrected chi connectivity index (χ2v) is 11.0. The highest BCUT2D eigenvalue weighted by Crippen LogP contribution is 2.35. The fourth-order valence-electron chi connectivity index (χ4n) is 4.90. The van der Waals surface area contributed by atoms with Crippen molar-refractivity contribution in [2.24, 2.45) is 0 Å². The number of alkyl halides is 3. The SMILES string of the molecule is C[C@H]1CN(c2ccc(C(F)(F)F)cc2)C(=O)c2c(-c3ccc(N4CCN(C(=O)OC(C)(C)C)CC4)nc3)cnn21. The number of ether oxygens (including phenoxy) is 1. The molecule has 40 heavy (non-hydrogen) atoms. The zero-order chi connectivity index (χ0) is 28.8. The number of rotatable bonds is 3. The molecule has 0 aliphatic carbocycles. The first-order chi connectivity index (χ1) is 18.8. The molecule has 2 aliphatic rings. The fraction of sp³-hybridized carbons (Fsp3) is 0.429. The van der Waals surface area contributed by atoms with Crippen molar-refractivity contribution < 1.29 is 27.5 Å². The van der Waals surface area contributed by atoms with Gasteiger partial charge in [-0.05, 0) is 64.1 Å². The van der Waals surface area contributed by atoms with Crippen LogP contribution in [0.3, 0.4) is 0 Å². The molecule has 0 saturated carbocycles. The van der Waals surface area contributed by atoms with E-state index in [9.17, 15) is 22.8 Å². The molecule has 2 aliphatic heterocycles. The Balaban J connectivity index is 1.31. The maximum Gasteiger partial charge on any atom is 0.416 e. The highest BCUT2D eigenvalue weighted by atomic mass is 19.4. The van der Waals surface area contributed by atoms with E-state index in [0.717, 1.165) is 18.0 Å². The van der Waals surface area contributed by atoms with Gasteiger partial charge in [0.15, 0.2) is 0 Å². The normalized spacial score (nSPS) is 18.1.